The lowest BCUT2D eigenvalue weighted by Gasteiger charge is -2.12. The SMILES string of the molecule is CCOc1cc(/C=N\NC(=O)COc2ccc([C@H](C)CC)cc2)ccc1OCc1ccccc1. The summed E-state index contributed by atoms with van der Waals surface area (Å²) in [5.41, 5.74) is 5.59. The maximum absolute atomic E-state index is 12.1. The lowest BCUT2D eigenvalue weighted by Crippen LogP contribution is -2.24. The Kier molecular flexibility index (Phi) is 9.52. The Balaban J connectivity index is 1.50. The van der Waals surface area contributed by atoms with Crippen LogP contribution in [0.4, 0.5) is 0 Å². The number of carbonyl (C=O) groups excluding carboxylic acids is 1. The summed E-state index contributed by atoms with van der Waals surface area (Å²) in [6, 6.07) is 23.3. The van der Waals surface area contributed by atoms with Crippen LogP contribution in [0.3, 0.4) is 0 Å². The first kappa shape index (κ1) is 24.8. The molecule has 0 aliphatic heterocycles. The molecule has 0 aliphatic carbocycles. The van der Waals surface area contributed by atoms with Crippen LogP contribution >= 0.6 is 0 Å². The van der Waals surface area contributed by atoms with Crippen LogP contribution in [0.5, 0.6) is 17.2 Å². The Hall–Kier alpha value is -3.80. The Labute approximate surface area is 201 Å². The van der Waals surface area contributed by atoms with Crippen molar-refractivity contribution in [1.29, 1.82) is 0 Å². The maximum atomic E-state index is 12.1. The fraction of sp³-hybridized carbons (Fsp3) is 0.286. The monoisotopic (exact) mass is 460 g/mol. The smallest absolute Gasteiger partial charge is 0.277 e. The van der Waals surface area contributed by atoms with E-state index in [2.05, 4.69) is 24.4 Å². The number of rotatable bonds is 12. The van der Waals surface area contributed by atoms with Gasteiger partial charge in [0.1, 0.15) is 12.4 Å². The fourth-order valence-corrected chi connectivity index (χ4v) is 3.22. The van der Waals surface area contributed by atoms with Gasteiger partial charge in [0, 0.05) is 0 Å². The molecule has 178 valence electrons. The molecule has 3 aromatic carbocycles. The van der Waals surface area contributed by atoms with Crippen LogP contribution in [-0.2, 0) is 11.4 Å². The van der Waals surface area contributed by atoms with Crippen LogP contribution in [0, 0.1) is 0 Å². The lowest BCUT2D eigenvalue weighted by atomic mass is 9.99. The van der Waals surface area contributed by atoms with E-state index in [1.165, 1.54) is 5.56 Å². The molecule has 34 heavy (non-hydrogen) atoms. The summed E-state index contributed by atoms with van der Waals surface area (Å²) >= 11 is 0. The molecule has 0 unspecified atom stereocenters. The molecular formula is C28H32N2O4. The molecular weight excluding hydrogens is 428 g/mol. The molecule has 3 aromatic rings. The summed E-state index contributed by atoms with van der Waals surface area (Å²) in [4.78, 5) is 12.1. The number of nitrogens with one attached hydrogen (secondary N) is 1. The molecule has 6 heteroatoms. The Bertz CT molecular complexity index is 1070. The zero-order valence-corrected chi connectivity index (χ0v) is 20.0. The van der Waals surface area contributed by atoms with E-state index in [-0.39, 0.29) is 12.5 Å². The number of hydrogen-bond acceptors (Lipinski definition) is 5. The molecule has 1 N–H and O–H groups in total. The summed E-state index contributed by atoms with van der Waals surface area (Å²) in [5.74, 6) is 2.09. The van der Waals surface area contributed by atoms with Crippen molar-refractivity contribution in [3.63, 3.8) is 0 Å². The molecule has 1 amide bonds. The summed E-state index contributed by atoms with van der Waals surface area (Å²) < 4.78 is 17.2. The second-order valence-corrected chi connectivity index (χ2v) is 7.87. The highest BCUT2D eigenvalue weighted by Gasteiger charge is 2.07. The van der Waals surface area contributed by atoms with E-state index in [1.807, 2.05) is 79.7 Å². The topological polar surface area (TPSA) is 69.2 Å². The van der Waals surface area contributed by atoms with E-state index >= 15 is 0 Å². The summed E-state index contributed by atoms with van der Waals surface area (Å²) in [6.07, 6.45) is 2.64. The third-order valence-electron chi connectivity index (χ3n) is 5.34. The maximum Gasteiger partial charge on any atom is 0.277 e. The van der Waals surface area contributed by atoms with Gasteiger partial charge in [0.15, 0.2) is 18.1 Å². The normalized spacial score (nSPS) is 11.7. The van der Waals surface area contributed by atoms with Gasteiger partial charge in [-0.1, -0.05) is 56.3 Å². The van der Waals surface area contributed by atoms with Crippen molar-refractivity contribution in [2.45, 2.75) is 39.7 Å². The number of hydrogen-bond donors (Lipinski definition) is 1. The average molecular weight is 461 g/mol. The minimum absolute atomic E-state index is 0.115. The van der Waals surface area contributed by atoms with Crippen LogP contribution in [0.25, 0.3) is 0 Å². The van der Waals surface area contributed by atoms with Gasteiger partial charge in [-0.15, -0.1) is 0 Å². The number of ether oxygens (including phenoxy) is 3. The highest BCUT2D eigenvalue weighted by molar-refractivity contribution is 5.83. The second kappa shape index (κ2) is 13.0. The first-order chi connectivity index (χ1) is 16.6. The highest BCUT2D eigenvalue weighted by Crippen LogP contribution is 2.29. The van der Waals surface area contributed by atoms with E-state index in [4.69, 9.17) is 14.2 Å². The van der Waals surface area contributed by atoms with Crippen LogP contribution < -0.4 is 19.6 Å². The van der Waals surface area contributed by atoms with E-state index in [0.717, 1.165) is 17.5 Å². The third-order valence-corrected chi connectivity index (χ3v) is 5.34. The molecule has 0 radical (unpaired) electrons. The molecule has 3 rings (SSSR count). The molecule has 1 atom stereocenters. The predicted octanol–water partition coefficient (Wildman–Crippen LogP) is 5.71. The number of carbonyl (C=O) groups is 1. The van der Waals surface area contributed by atoms with E-state index in [9.17, 15) is 4.79 Å². The zero-order chi connectivity index (χ0) is 24.2. The van der Waals surface area contributed by atoms with E-state index < -0.39 is 0 Å². The molecule has 0 aliphatic rings. The molecule has 0 bridgehead atoms. The van der Waals surface area contributed by atoms with Crippen molar-refractivity contribution in [3.8, 4) is 17.2 Å². The number of nitrogens with zero attached hydrogens (tertiary/aromatic N) is 1. The lowest BCUT2D eigenvalue weighted by molar-refractivity contribution is -0.123. The quantitative estimate of drug-likeness (QED) is 0.278. The van der Waals surface area contributed by atoms with Gasteiger partial charge in [0.05, 0.1) is 12.8 Å². The van der Waals surface area contributed by atoms with Gasteiger partial charge in [-0.2, -0.15) is 5.10 Å². The molecule has 0 spiro atoms. The van der Waals surface area contributed by atoms with Crippen LogP contribution in [-0.4, -0.2) is 25.3 Å². The van der Waals surface area contributed by atoms with Gasteiger partial charge in [0.25, 0.3) is 5.91 Å². The van der Waals surface area contributed by atoms with Gasteiger partial charge in [-0.05, 0) is 66.3 Å². The Morgan fingerprint density at radius 1 is 0.941 bits per heavy atom. The second-order valence-electron chi connectivity index (χ2n) is 7.87. The molecule has 0 aromatic heterocycles. The summed E-state index contributed by atoms with van der Waals surface area (Å²) in [5, 5.41) is 4.03. The van der Waals surface area contributed by atoms with Gasteiger partial charge >= 0.3 is 0 Å². The minimum Gasteiger partial charge on any atom is -0.490 e. The van der Waals surface area contributed by atoms with Crippen molar-refractivity contribution in [2.24, 2.45) is 5.10 Å². The van der Waals surface area contributed by atoms with E-state index in [1.54, 1.807) is 6.21 Å². The Morgan fingerprint density at radius 2 is 1.71 bits per heavy atom. The number of hydrazone groups is 1. The third kappa shape index (κ3) is 7.66. The highest BCUT2D eigenvalue weighted by atomic mass is 16.5. The molecule has 0 fully saturated rings. The molecule has 6 nitrogen and oxygen atoms in total. The van der Waals surface area contributed by atoms with Crippen LogP contribution in [0.2, 0.25) is 0 Å². The predicted molar refractivity (Wildman–Crippen MR) is 135 cm³/mol. The summed E-state index contributed by atoms with van der Waals surface area (Å²) in [7, 11) is 0. The van der Waals surface area contributed by atoms with Crippen molar-refractivity contribution >= 4 is 12.1 Å². The number of benzene rings is 3. The first-order valence-electron chi connectivity index (χ1n) is 11.6. The Morgan fingerprint density at radius 3 is 2.41 bits per heavy atom. The fourth-order valence-electron chi connectivity index (χ4n) is 3.22. The van der Waals surface area contributed by atoms with Gasteiger partial charge in [-0.3, -0.25) is 4.79 Å². The van der Waals surface area contributed by atoms with Crippen LogP contribution in [0.15, 0.2) is 77.9 Å². The molecule has 0 heterocycles. The van der Waals surface area contributed by atoms with Crippen molar-refractivity contribution in [2.75, 3.05) is 13.2 Å². The van der Waals surface area contributed by atoms with E-state index in [0.29, 0.717) is 36.4 Å². The van der Waals surface area contributed by atoms with Gasteiger partial charge in [0.2, 0.25) is 0 Å². The van der Waals surface area contributed by atoms with Gasteiger partial charge < -0.3 is 14.2 Å². The minimum atomic E-state index is -0.338. The molecule has 0 saturated carbocycles. The van der Waals surface area contributed by atoms with Gasteiger partial charge in [-0.25, -0.2) is 5.43 Å². The zero-order valence-electron chi connectivity index (χ0n) is 20.0. The molecule has 0 saturated heterocycles. The largest absolute Gasteiger partial charge is 0.490 e. The van der Waals surface area contributed by atoms with Crippen molar-refractivity contribution < 1.29 is 19.0 Å². The standard InChI is InChI=1S/C28H32N2O4/c1-4-21(3)24-12-14-25(15-13-24)33-20-28(31)30-29-18-23-11-16-26(27(17-23)32-5-2)34-19-22-9-7-6-8-10-22/h6-18,21H,4-5,19-20H2,1-3H3,(H,30,31)/b29-18-/t21-/m1/s1. The van der Waals surface area contributed by atoms with Crippen molar-refractivity contribution in [3.05, 3.63) is 89.5 Å². The van der Waals surface area contributed by atoms with Crippen LogP contribution in [0.1, 0.15) is 49.8 Å². The van der Waals surface area contributed by atoms with Crippen molar-refractivity contribution in [1.82, 2.24) is 5.43 Å². The number of amides is 1. The summed E-state index contributed by atoms with van der Waals surface area (Å²) in [6.45, 7) is 7.10. The first-order valence-corrected chi connectivity index (χ1v) is 11.6. The average Bonchev–Trinajstić information content (AvgIpc) is 2.87.